The first-order chi connectivity index (χ1) is 34.7. The second-order valence-electron chi connectivity index (χ2n) is 22.1. The maximum Gasteiger partial charge on any atom is 0.316 e. The molecule has 5 unspecified atom stereocenters. The van der Waals surface area contributed by atoms with E-state index in [4.69, 9.17) is 47.4 Å². The quantitative estimate of drug-likeness (QED) is 0.125. The van der Waals surface area contributed by atoms with E-state index in [1.165, 1.54) is 6.07 Å². The molecule has 6 heterocycles. The van der Waals surface area contributed by atoms with Gasteiger partial charge in [-0.2, -0.15) is 0 Å². The summed E-state index contributed by atoms with van der Waals surface area (Å²) in [6.07, 6.45) is 6.23. The molecule has 0 aromatic heterocycles. The van der Waals surface area contributed by atoms with E-state index in [1.807, 2.05) is 44.7 Å². The summed E-state index contributed by atoms with van der Waals surface area (Å²) < 4.78 is 108. The number of hydrogen-bond acceptors (Lipinski definition) is 14. The second kappa shape index (κ2) is 23.3. The third kappa shape index (κ3) is 11.6. The number of carbonyl (C=O) groups is 1. The van der Waals surface area contributed by atoms with E-state index in [9.17, 15) is 28.2 Å². The first-order valence-electron chi connectivity index (χ1n) is 26.5. The number of rotatable bonds is 11. The molecule has 20 atom stereocenters. The van der Waals surface area contributed by atoms with E-state index < -0.39 is 108 Å². The highest BCUT2D eigenvalue weighted by molar-refractivity contribution is 5.78. The minimum atomic E-state index is -1.86. The number of methoxy groups -OCH3 is 2. The normalized spacial score (nSPS) is 43.8. The average Bonchev–Trinajstić information content (AvgIpc) is 3.70. The number of carbonyl (C=O) groups excluding carboxylic acids is 1. The number of hydrogen-bond donors (Lipinski definition) is 2. The summed E-state index contributed by atoms with van der Waals surface area (Å²) in [7, 11) is 4.97. The number of aliphatic hydroxyl groups excluding tert-OH is 1. The summed E-state index contributed by atoms with van der Waals surface area (Å²) in [5.41, 5.74) is 0.0813. The van der Waals surface area contributed by atoms with Gasteiger partial charge in [0.1, 0.15) is 35.9 Å². The number of fused-ring (bicyclic) bond motifs is 2. The molecule has 1 aromatic rings. The van der Waals surface area contributed by atoms with Gasteiger partial charge in [-0.25, -0.2) is 13.2 Å². The Labute approximate surface area is 429 Å². The Bertz CT molecular complexity index is 2220. The first-order valence-corrected chi connectivity index (χ1v) is 26.5. The molecule has 2 bridgehead atoms. The molecule has 5 fully saturated rings. The van der Waals surface area contributed by atoms with Crippen molar-refractivity contribution in [2.24, 2.45) is 23.7 Å². The van der Waals surface area contributed by atoms with Gasteiger partial charge in [-0.1, -0.05) is 70.6 Å². The zero-order valence-corrected chi connectivity index (χ0v) is 44.5. The fraction of sp³-hybridized carbons (Fsp3) is 0.732. The lowest BCUT2D eigenvalue weighted by atomic mass is 9.71. The second-order valence-corrected chi connectivity index (χ2v) is 22.1. The van der Waals surface area contributed by atoms with Crippen LogP contribution in [0.25, 0.3) is 0 Å². The van der Waals surface area contributed by atoms with Crippen molar-refractivity contribution in [1.82, 2.24) is 4.90 Å². The molecule has 1 spiro atoms. The van der Waals surface area contributed by atoms with Crippen molar-refractivity contribution in [3.05, 3.63) is 82.2 Å². The number of allylic oxidation sites excluding steroid dienone is 2. The molecule has 1 aromatic carbocycles. The third-order valence-corrected chi connectivity index (χ3v) is 17.0. The number of benzene rings is 1. The van der Waals surface area contributed by atoms with Gasteiger partial charge in [0.15, 0.2) is 35.8 Å². The van der Waals surface area contributed by atoms with Crippen molar-refractivity contribution in [3.63, 3.8) is 0 Å². The van der Waals surface area contributed by atoms with Crippen molar-refractivity contribution < 1.29 is 75.5 Å². The molecule has 408 valence electrons. The molecule has 14 nitrogen and oxygen atoms in total. The molecule has 0 amide bonds. The van der Waals surface area contributed by atoms with E-state index >= 15 is 0 Å². The van der Waals surface area contributed by atoms with Crippen LogP contribution in [0.15, 0.2) is 59.2 Å². The summed E-state index contributed by atoms with van der Waals surface area (Å²) >= 11 is 0. The number of aliphatic hydroxyl groups is 2. The minimum absolute atomic E-state index is 0.00313. The van der Waals surface area contributed by atoms with Gasteiger partial charge in [0.05, 0.1) is 55.4 Å². The van der Waals surface area contributed by atoms with Crippen molar-refractivity contribution in [2.75, 3.05) is 27.9 Å². The van der Waals surface area contributed by atoms with Crippen LogP contribution in [0, 0.1) is 41.1 Å². The average molecular weight is 1030 g/mol. The molecular formula is C56H80F3NO13. The maximum absolute atomic E-state index is 14.7. The molecule has 8 rings (SSSR count). The standard InChI is InChI=1S/C56H80F3NO13/c1-12-29(2)51-32(5)20-21-55(73-51)26-39-23-38(72-55)18-16-31(4)50(30(3)14-13-15-37-28-66-53-49(61)33(6)22-40(54(62)69-39)56(37,53)63)70-45-25-43(65-11)52(35(8)68-45)71-44-24-42(64-10)48(34(7)67-44)60(9)27-36-17-19-41(57)47(59)46(36)58/h13-17,19,22,29-30,32,34-35,38-40,42-45,48-53,61,63H,12,18,20-21,23-28H2,1-11H3/b14-13+,31-16+,37-15+/t29?,30-,32-,34-,35-,38?,39?,40-,42-,43-,44-,45-,48+,49+,50-,51+,52-,53?,55?,56+/m0/s1. The molecule has 17 heteroatoms. The number of halogens is 3. The Morgan fingerprint density at radius 3 is 2.36 bits per heavy atom. The predicted octanol–water partition coefficient (Wildman–Crippen LogP) is 8.16. The monoisotopic (exact) mass is 1030 g/mol. The van der Waals surface area contributed by atoms with E-state index in [1.54, 1.807) is 40.3 Å². The van der Waals surface area contributed by atoms with Crippen LogP contribution in [0.5, 0.6) is 0 Å². The molecular weight excluding hydrogens is 952 g/mol. The Morgan fingerprint density at radius 2 is 1.63 bits per heavy atom. The number of esters is 1. The summed E-state index contributed by atoms with van der Waals surface area (Å²) in [5, 5.41) is 23.9. The lowest BCUT2D eigenvalue weighted by Crippen LogP contribution is -2.58. The zero-order valence-electron chi connectivity index (χ0n) is 44.5. The lowest BCUT2D eigenvalue weighted by molar-refractivity contribution is -0.340. The van der Waals surface area contributed by atoms with E-state index in [0.717, 1.165) is 24.5 Å². The Balaban J connectivity index is 1.02. The highest BCUT2D eigenvalue weighted by Gasteiger charge is 2.60. The van der Waals surface area contributed by atoms with Gasteiger partial charge >= 0.3 is 5.97 Å². The molecule has 6 aliphatic heterocycles. The van der Waals surface area contributed by atoms with Gasteiger partial charge in [-0.15, -0.1) is 0 Å². The van der Waals surface area contributed by atoms with Gasteiger partial charge in [-0.05, 0) is 82.2 Å². The highest BCUT2D eigenvalue weighted by atomic mass is 19.2. The van der Waals surface area contributed by atoms with Crippen LogP contribution in [0.2, 0.25) is 0 Å². The maximum atomic E-state index is 14.7. The Morgan fingerprint density at radius 1 is 0.918 bits per heavy atom. The van der Waals surface area contributed by atoms with Crippen LogP contribution in [-0.2, 0) is 58.7 Å². The Kier molecular flexibility index (Phi) is 17.9. The summed E-state index contributed by atoms with van der Waals surface area (Å²) in [4.78, 5) is 16.3. The van der Waals surface area contributed by atoms with Crippen LogP contribution >= 0.6 is 0 Å². The Hall–Kier alpha value is -3.04. The van der Waals surface area contributed by atoms with Crippen molar-refractivity contribution >= 4 is 5.97 Å². The number of ether oxygens (including phenoxy) is 10. The van der Waals surface area contributed by atoms with E-state index in [0.29, 0.717) is 61.5 Å². The topological polar surface area (TPSA) is 153 Å². The smallest absolute Gasteiger partial charge is 0.316 e. The van der Waals surface area contributed by atoms with Gasteiger partial charge in [0, 0.05) is 64.3 Å². The molecule has 7 aliphatic rings. The van der Waals surface area contributed by atoms with Crippen LogP contribution in [0.3, 0.4) is 0 Å². The first kappa shape index (κ1) is 56.2. The molecule has 73 heavy (non-hydrogen) atoms. The number of likely N-dealkylation sites (N-methyl/N-ethyl adjacent to an activating group) is 1. The molecule has 0 radical (unpaired) electrons. The van der Waals surface area contributed by atoms with E-state index in [2.05, 4.69) is 26.8 Å². The fourth-order valence-electron chi connectivity index (χ4n) is 12.7. The van der Waals surface area contributed by atoms with Crippen LogP contribution < -0.4 is 0 Å². The van der Waals surface area contributed by atoms with Crippen LogP contribution in [0.1, 0.15) is 112 Å². The van der Waals surface area contributed by atoms with Gasteiger partial charge in [0.25, 0.3) is 0 Å². The molecule has 0 saturated carbocycles. The molecule has 5 saturated heterocycles. The van der Waals surface area contributed by atoms with Gasteiger partial charge in [-0.3, -0.25) is 9.69 Å². The van der Waals surface area contributed by atoms with Crippen molar-refractivity contribution in [3.8, 4) is 0 Å². The van der Waals surface area contributed by atoms with Crippen molar-refractivity contribution in [1.29, 1.82) is 0 Å². The summed E-state index contributed by atoms with van der Waals surface area (Å²) in [6.45, 7) is 16.2. The van der Waals surface area contributed by atoms with Gasteiger partial charge < -0.3 is 57.6 Å². The van der Waals surface area contributed by atoms with Gasteiger partial charge in [0.2, 0.25) is 0 Å². The fourth-order valence-corrected chi connectivity index (χ4v) is 12.7. The summed E-state index contributed by atoms with van der Waals surface area (Å²) in [5.74, 6) is -6.27. The minimum Gasteiger partial charge on any atom is -0.462 e. The third-order valence-electron chi connectivity index (χ3n) is 17.0. The SMILES string of the molecule is CCC(C)[C@H]1OC2(CC[C@@H]1C)CC1CC(C/C=C(\C)[C@@H](O[C@H]3C[C@H](OC)[C@@H](O[C@H]4C[C@H](OC)[C@H](N(C)Cc5ccc(F)c(F)c5F)[C@H](C)O4)[C@H](C)O3)[C@@H](C)/C=C/C=C3\COC4[C@H](O)C(C)=C[C@@H](C(=O)O1)[C@]34O)O2. The lowest BCUT2D eigenvalue weighted by Gasteiger charge is -2.51. The summed E-state index contributed by atoms with van der Waals surface area (Å²) in [6, 6.07) is 1.79. The highest BCUT2D eigenvalue weighted by Crippen LogP contribution is 2.48. The molecule has 2 N–H and O–H groups in total. The molecule has 1 aliphatic carbocycles. The number of nitrogens with zero attached hydrogens (tertiary/aromatic N) is 1. The van der Waals surface area contributed by atoms with Crippen LogP contribution in [0.4, 0.5) is 13.2 Å². The van der Waals surface area contributed by atoms with Crippen LogP contribution in [-0.4, -0.2) is 146 Å². The van der Waals surface area contributed by atoms with E-state index in [-0.39, 0.29) is 42.9 Å². The zero-order chi connectivity index (χ0) is 52.7. The van der Waals surface area contributed by atoms with Crippen molar-refractivity contribution in [2.45, 2.75) is 210 Å². The largest absolute Gasteiger partial charge is 0.462 e. The predicted molar refractivity (Wildman–Crippen MR) is 263 cm³/mol.